The maximum atomic E-state index is 9.88. The van der Waals surface area contributed by atoms with Crippen molar-refractivity contribution in [1.29, 1.82) is 0 Å². The summed E-state index contributed by atoms with van der Waals surface area (Å²) in [7, 11) is 0. The molecule has 0 aliphatic rings. The molecule has 0 heterocycles. The molecule has 0 saturated carbocycles. The Hall–Kier alpha value is -0.910. The molecule has 0 aliphatic carbocycles. The van der Waals surface area contributed by atoms with E-state index < -0.39 is 0 Å². The minimum Gasteiger partial charge on any atom is -1.00 e. The van der Waals surface area contributed by atoms with Gasteiger partial charge in [0.25, 0.3) is 0 Å². The second kappa shape index (κ2) is 4.02. The lowest BCUT2D eigenvalue weighted by molar-refractivity contribution is -0.00000266. The van der Waals surface area contributed by atoms with Crippen LogP contribution in [0.3, 0.4) is 0 Å². The smallest absolute Gasteiger partial charge is 0.303 e. The molecule has 0 bridgehead atoms. The molecule has 0 aromatic heterocycles. The molecule has 1 aromatic rings. The van der Waals surface area contributed by atoms with Crippen LogP contribution >= 0.6 is 0 Å². The van der Waals surface area contributed by atoms with E-state index in [1.807, 2.05) is 6.07 Å². The van der Waals surface area contributed by atoms with Crippen molar-refractivity contribution in [1.82, 2.24) is 0 Å². The number of hydrogen-bond donors (Lipinski definition) is 0. The van der Waals surface area contributed by atoms with Crippen molar-refractivity contribution in [2.45, 2.75) is 0 Å². The predicted octanol–water partition coefficient (Wildman–Crippen LogP) is -1.85. The third-order valence-corrected chi connectivity index (χ3v) is 0.892. The Morgan fingerprint density at radius 1 is 1.11 bits per heavy atom. The van der Waals surface area contributed by atoms with Crippen molar-refractivity contribution >= 4 is 6.29 Å². The Bertz CT molecular complexity index is 172. The van der Waals surface area contributed by atoms with Gasteiger partial charge in [-0.05, 0) is 18.2 Å². The molecule has 0 radical (unpaired) electrons. The molecule has 0 fully saturated rings. The van der Waals surface area contributed by atoms with Gasteiger partial charge < -0.3 is 12.4 Å². The van der Waals surface area contributed by atoms with Crippen LogP contribution in [-0.2, 0) is 4.79 Å². The monoisotopic (exact) mass is 140 g/mol. The average molecular weight is 141 g/mol. The maximum absolute atomic E-state index is 9.88. The van der Waals surface area contributed by atoms with Crippen LogP contribution in [0.5, 0.6) is 0 Å². The number of benzene rings is 1. The molecule has 2 heteroatoms. The summed E-state index contributed by atoms with van der Waals surface area (Å²) in [6.07, 6.45) is 1.78. The van der Waals surface area contributed by atoms with E-state index in [9.17, 15) is 4.79 Å². The third kappa shape index (κ3) is 2.22. The van der Waals surface area contributed by atoms with Crippen LogP contribution in [0.1, 0.15) is 5.56 Å². The molecule has 1 aromatic carbocycles. The fraction of sp³-hybridized carbons (Fsp3) is 0. The minimum atomic E-state index is 0. The van der Waals surface area contributed by atoms with Gasteiger partial charge in [-0.15, -0.1) is 4.79 Å². The third-order valence-electron chi connectivity index (χ3n) is 0.892. The maximum Gasteiger partial charge on any atom is 0.303 e. The van der Waals surface area contributed by atoms with Crippen LogP contribution in [0.4, 0.5) is 0 Å². The molecule has 1 rings (SSSR count). The highest BCUT2D eigenvalue weighted by molar-refractivity contribution is 5.74. The summed E-state index contributed by atoms with van der Waals surface area (Å²) in [5.74, 6) is 0. The van der Waals surface area contributed by atoms with Gasteiger partial charge in [0.05, 0.1) is 12.1 Å². The van der Waals surface area contributed by atoms with Crippen molar-refractivity contribution in [3.8, 4) is 0 Å². The lowest BCUT2D eigenvalue weighted by atomic mass is 10.2. The van der Waals surface area contributed by atoms with Gasteiger partial charge in [0.1, 0.15) is 0 Å². The quantitative estimate of drug-likeness (QED) is 0.419. The summed E-state index contributed by atoms with van der Waals surface area (Å²) in [4.78, 5) is 9.88. The normalized spacial score (nSPS) is 7.11. The molecular formula is C7H5ClO. The summed E-state index contributed by atoms with van der Waals surface area (Å²) in [6, 6.07) is 8.90. The first-order valence-corrected chi connectivity index (χ1v) is 2.36. The lowest BCUT2D eigenvalue weighted by Gasteiger charge is -1.69. The van der Waals surface area contributed by atoms with Crippen molar-refractivity contribution in [3.05, 3.63) is 35.9 Å². The Labute approximate surface area is 60.1 Å². The summed E-state index contributed by atoms with van der Waals surface area (Å²) in [6.45, 7) is 0. The van der Waals surface area contributed by atoms with E-state index in [2.05, 4.69) is 0 Å². The van der Waals surface area contributed by atoms with E-state index in [4.69, 9.17) is 0 Å². The second-order valence-corrected chi connectivity index (χ2v) is 1.47. The highest BCUT2D eigenvalue weighted by Gasteiger charge is 1.94. The molecule has 0 unspecified atom stereocenters. The summed E-state index contributed by atoms with van der Waals surface area (Å²) < 4.78 is 0. The van der Waals surface area contributed by atoms with Crippen LogP contribution in [0.2, 0.25) is 0 Å². The van der Waals surface area contributed by atoms with Crippen LogP contribution in [-0.4, -0.2) is 6.29 Å². The summed E-state index contributed by atoms with van der Waals surface area (Å²) in [5, 5.41) is 0. The molecule has 0 amide bonds. The molecule has 0 aliphatic heterocycles. The van der Waals surface area contributed by atoms with Crippen molar-refractivity contribution < 1.29 is 17.2 Å². The van der Waals surface area contributed by atoms with Crippen LogP contribution < -0.4 is 12.4 Å². The molecule has 0 atom stereocenters. The van der Waals surface area contributed by atoms with E-state index in [-0.39, 0.29) is 12.4 Å². The van der Waals surface area contributed by atoms with E-state index in [1.54, 1.807) is 30.6 Å². The van der Waals surface area contributed by atoms with E-state index >= 15 is 0 Å². The van der Waals surface area contributed by atoms with Gasteiger partial charge in [-0.2, -0.15) is 0 Å². The van der Waals surface area contributed by atoms with Gasteiger partial charge in [-0.1, -0.05) is 0 Å². The zero-order valence-electron chi connectivity index (χ0n) is 4.67. The zero-order chi connectivity index (χ0) is 5.82. The highest BCUT2D eigenvalue weighted by atomic mass is 35.5. The van der Waals surface area contributed by atoms with Gasteiger partial charge in [-0.3, -0.25) is 0 Å². The highest BCUT2D eigenvalue weighted by Crippen LogP contribution is 1.91. The van der Waals surface area contributed by atoms with E-state index in [0.29, 0.717) is 5.56 Å². The van der Waals surface area contributed by atoms with Crippen LogP contribution in [0.25, 0.3) is 0 Å². The lowest BCUT2D eigenvalue weighted by Crippen LogP contribution is -3.00. The molecule has 1 nitrogen and oxygen atoms in total. The number of rotatable bonds is 1. The van der Waals surface area contributed by atoms with Gasteiger partial charge in [0.15, 0.2) is 0 Å². The van der Waals surface area contributed by atoms with E-state index in [0.717, 1.165) is 0 Å². The largest absolute Gasteiger partial charge is 1.00 e. The molecule has 46 valence electrons. The van der Waals surface area contributed by atoms with E-state index in [1.165, 1.54) is 0 Å². The number of carbonyl (C=O) groups excluding carboxylic acids is 1. The first-order valence-electron chi connectivity index (χ1n) is 2.36. The first-order chi connectivity index (χ1) is 3.93. The van der Waals surface area contributed by atoms with Gasteiger partial charge in [-0.25, -0.2) is 0 Å². The number of halogens is 1. The van der Waals surface area contributed by atoms with Crippen molar-refractivity contribution in [2.24, 2.45) is 0 Å². The first kappa shape index (κ1) is 8.09. The van der Waals surface area contributed by atoms with Crippen molar-refractivity contribution in [2.75, 3.05) is 0 Å². The van der Waals surface area contributed by atoms with Crippen molar-refractivity contribution in [3.63, 3.8) is 0 Å². The standard InChI is InChI=1S/C7H5O.ClH/c8-6-7-4-2-1-3-5-7;/h1-5H;1H/q+1;/p-1. The summed E-state index contributed by atoms with van der Waals surface area (Å²) >= 11 is 0. The second-order valence-electron chi connectivity index (χ2n) is 1.47. The van der Waals surface area contributed by atoms with Gasteiger partial charge >= 0.3 is 6.29 Å². The zero-order valence-corrected chi connectivity index (χ0v) is 5.43. The van der Waals surface area contributed by atoms with Gasteiger partial charge in [0.2, 0.25) is 5.56 Å². The average Bonchev–Trinajstić information content (AvgIpc) is 1.90. The number of hydrogen-bond acceptors (Lipinski definition) is 1. The SMILES string of the molecule is O=[C+]c1ccccc1.[Cl-]. The fourth-order valence-corrected chi connectivity index (χ4v) is 0.506. The molecule has 0 saturated heterocycles. The molecule has 0 spiro atoms. The minimum absolute atomic E-state index is 0. The Morgan fingerprint density at radius 3 is 2.00 bits per heavy atom. The summed E-state index contributed by atoms with van der Waals surface area (Å²) in [5.41, 5.74) is 0.604. The van der Waals surface area contributed by atoms with Gasteiger partial charge in [0, 0.05) is 0 Å². The predicted molar refractivity (Wildman–Crippen MR) is 31.2 cm³/mol. The Kier molecular flexibility index (Phi) is 3.61. The molecular weight excluding hydrogens is 136 g/mol. The molecule has 0 N–H and O–H groups in total. The topological polar surface area (TPSA) is 17.1 Å². The van der Waals surface area contributed by atoms with Crippen LogP contribution in [0.15, 0.2) is 30.3 Å². The Morgan fingerprint density at radius 2 is 1.67 bits per heavy atom. The van der Waals surface area contributed by atoms with Crippen LogP contribution in [0, 0.1) is 0 Å². The fourth-order valence-electron chi connectivity index (χ4n) is 0.506. The molecule has 9 heavy (non-hydrogen) atoms. The Balaban J connectivity index is 0.000000640.